The fraction of sp³-hybridized carbons (Fsp3) is 0.312. The zero-order chi connectivity index (χ0) is 18.0. The Kier molecular flexibility index (Phi) is 5.27. The Bertz CT molecular complexity index is 808. The van der Waals surface area contributed by atoms with E-state index < -0.39 is 23.8 Å². The molecular weight excluding hydrogens is 369 g/mol. The molecule has 7 nitrogen and oxygen atoms in total. The minimum Gasteiger partial charge on any atom is -0.481 e. The Morgan fingerprint density at radius 1 is 1.28 bits per heavy atom. The summed E-state index contributed by atoms with van der Waals surface area (Å²) in [6, 6.07) is 6.06. The van der Waals surface area contributed by atoms with Gasteiger partial charge in [-0.3, -0.25) is 9.59 Å². The number of benzene rings is 1. The molecule has 0 unspecified atom stereocenters. The lowest BCUT2D eigenvalue weighted by Crippen LogP contribution is -2.48. The van der Waals surface area contributed by atoms with Crippen LogP contribution in [0, 0.1) is 5.92 Å². The third-order valence-electron chi connectivity index (χ3n) is 3.98. The Morgan fingerprint density at radius 2 is 2.08 bits per heavy atom. The number of carbonyl (C=O) groups excluding carboxylic acids is 1. The minimum atomic E-state index is -0.994. The highest BCUT2D eigenvalue weighted by molar-refractivity contribution is 6.42. The topological polar surface area (TPSA) is 93.5 Å². The van der Waals surface area contributed by atoms with E-state index in [9.17, 15) is 14.7 Å². The standard InChI is InChI=1S/C16H15Cl2N3O4/c17-11-2-1-9(7-12(11)18)21-5-3-14(20-21)15(22)19-13-4-6-25-8-10(13)16(23)24/h1-3,5,7,10,13H,4,6,8H2,(H,19,22)(H,23,24)/t10-,13+/m1/s1. The quantitative estimate of drug-likeness (QED) is 0.845. The van der Waals surface area contributed by atoms with Crippen LogP contribution in [0.15, 0.2) is 30.5 Å². The molecule has 0 saturated carbocycles. The van der Waals surface area contributed by atoms with Gasteiger partial charge in [0.25, 0.3) is 5.91 Å². The second-order valence-electron chi connectivity index (χ2n) is 5.63. The smallest absolute Gasteiger partial charge is 0.310 e. The van der Waals surface area contributed by atoms with Gasteiger partial charge in [0.05, 0.1) is 22.3 Å². The molecule has 2 aromatic rings. The van der Waals surface area contributed by atoms with Crippen LogP contribution in [-0.4, -0.2) is 46.0 Å². The van der Waals surface area contributed by atoms with Gasteiger partial charge < -0.3 is 15.2 Å². The van der Waals surface area contributed by atoms with Crippen LogP contribution >= 0.6 is 23.2 Å². The number of nitrogens with one attached hydrogen (secondary N) is 1. The lowest BCUT2D eigenvalue weighted by Gasteiger charge is -2.29. The molecule has 25 heavy (non-hydrogen) atoms. The fourth-order valence-corrected chi connectivity index (χ4v) is 2.91. The van der Waals surface area contributed by atoms with E-state index in [2.05, 4.69) is 10.4 Å². The number of amides is 1. The van der Waals surface area contributed by atoms with Gasteiger partial charge in [0.15, 0.2) is 5.69 Å². The van der Waals surface area contributed by atoms with Crippen molar-refractivity contribution in [2.24, 2.45) is 5.92 Å². The van der Waals surface area contributed by atoms with Gasteiger partial charge in [-0.15, -0.1) is 0 Å². The maximum absolute atomic E-state index is 12.4. The first-order chi connectivity index (χ1) is 12.0. The van der Waals surface area contributed by atoms with E-state index in [0.29, 0.717) is 28.8 Å². The number of hydrogen-bond donors (Lipinski definition) is 2. The van der Waals surface area contributed by atoms with E-state index >= 15 is 0 Å². The molecule has 1 aliphatic heterocycles. The van der Waals surface area contributed by atoms with Gasteiger partial charge in [-0.25, -0.2) is 4.68 Å². The molecule has 1 aromatic heterocycles. The molecule has 1 fully saturated rings. The predicted molar refractivity (Wildman–Crippen MR) is 91.4 cm³/mol. The van der Waals surface area contributed by atoms with Crippen molar-refractivity contribution in [2.45, 2.75) is 12.5 Å². The van der Waals surface area contributed by atoms with Gasteiger partial charge in [-0.1, -0.05) is 23.2 Å². The van der Waals surface area contributed by atoms with Gasteiger partial charge in [-0.05, 0) is 30.7 Å². The monoisotopic (exact) mass is 383 g/mol. The lowest BCUT2D eigenvalue weighted by molar-refractivity contribution is -0.147. The fourth-order valence-electron chi connectivity index (χ4n) is 2.61. The molecule has 2 heterocycles. The third kappa shape index (κ3) is 3.95. The van der Waals surface area contributed by atoms with Gasteiger partial charge >= 0.3 is 5.97 Å². The molecule has 9 heteroatoms. The maximum atomic E-state index is 12.4. The number of carboxylic acids is 1. The summed E-state index contributed by atoms with van der Waals surface area (Å²) < 4.78 is 6.66. The Labute approximate surface area is 153 Å². The first kappa shape index (κ1) is 17.7. The van der Waals surface area contributed by atoms with Gasteiger partial charge in [0.2, 0.25) is 0 Å². The highest BCUT2D eigenvalue weighted by atomic mass is 35.5. The van der Waals surface area contributed by atoms with Crippen LogP contribution in [0.3, 0.4) is 0 Å². The summed E-state index contributed by atoms with van der Waals surface area (Å²) in [4.78, 5) is 23.6. The number of ether oxygens (including phenoxy) is 1. The average Bonchev–Trinajstić information content (AvgIpc) is 3.08. The molecule has 1 aromatic carbocycles. The molecule has 2 atom stereocenters. The van der Waals surface area contributed by atoms with Crippen molar-refractivity contribution in [1.29, 1.82) is 0 Å². The largest absolute Gasteiger partial charge is 0.481 e. The molecule has 0 bridgehead atoms. The van der Waals surface area contributed by atoms with Crippen LogP contribution in [0.1, 0.15) is 16.9 Å². The maximum Gasteiger partial charge on any atom is 0.310 e. The number of halogens is 2. The van der Waals surface area contributed by atoms with Crippen molar-refractivity contribution in [3.8, 4) is 5.69 Å². The number of aliphatic carboxylic acids is 1. The highest BCUT2D eigenvalue weighted by Gasteiger charge is 2.33. The molecule has 0 spiro atoms. The molecule has 2 N–H and O–H groups in total. The summed E-state index contributed by atoms with van der Waals surface area (Å²) in [5.41, 5.74) is 0.838. The van der Waals surface area contributed by atoms with Crippen LogP contribution in [0.5, 0.6) is 0 Å². The van der Waals surface area contributed by atoms with Crippen molar-refractivity contribution in [3.05, 3.63) is 46.2 Å². The molecule has 3 rings (SSSR count). The van der Waals surface area contributed by atoms with E-state index in [0.717, 1.165) is 0 Å². The van der Waals surface area contributed by atoms with Gasteiger partial charge in [-0.2, -0.15) is 5.10 Å². The number of nitrogens with zero attached hydrogens (tertiary/aromatic N) is 2. The number of carboxylic acid groups (broad SMARTS) is 1. The minimum absolute atomic E-state index is 0.0813. The number of hydrogen-bond acceptors (Lipinski definition) is 4. The third-order valence-corrected chi connectivity index (χ3v) is 4.72. The lowest BCUT2D eigenvalue weighted by atomic mass is 9.96. The number of rotatable bonds is 4. The number of carbonyl (C=O) groups is 2. The van der Waals surface area contributed by atoms with E-state index in [4.69, 9.17) is 27.9 Å². The summed E-state index contributed by atoms with van der Waals surface area (Å²) in [7, 11) is 0. The Hall–Kier alpha value is -2.09. The van der Waals surface area contributed by atoms with E-state index in [1.54, 1.807) is 30.5 Å². The molecule has 1 saturated heterocycles. The summed E-state index contributed by atoms with van der Waals surface area (Å²) >= 11 is 11.9. The average molecular weight is 384 g/mol. The second-order valence-corrected chi connectivity index (χ2v) is 6.45. The predicted octanol–water partition coefficient (Wildman–Crippen LogP) is 2.40. The normalized spacial score (nSPS) is 20.2. The van der Waals surface area contributed by atoms with E-state index in [-0.39, 0.29) is 12.3 Å². The summed E-state index contributed by atoms with van der Waals surface area (Å²) in [6.07, 6.45) is 2.06. The molecule has 0 aliphatic carbocycles. The van der Waals surface area contributed by atoms with Gasteiger partial charge in [0, 0.05) is 18.8 Å². The van der Waals surface area contributed by atoms with Crippen molar-refractivity contribution >= 4 is 35.1 Å². The molecule has 132 valence electrons. The molecule has 1 amide bonds. The van der Waals surface area contributed by atoms with Crippen molar-refractivity contribution in [2.75, 3.05) is 13.2 Å². The zero-order valence-electron chi connectivity index (χ0n) is 13.0. The number of aromatic nitrogens is 2. The van der Waals surface area contributed by atoms with Crippen LogP contribution in [-0.2, 0) is 9.53 Å². The first-order valence-electron chi connectivity index (χ1n) is 7.58. The van der Waals surface area contributed by atoms with Crippen LogP contribution < -0.4 is 5.32 Å². The summed E-state index contributed by atoms with van der Waals surface area (Å²) in [5.74, 6) is -2.20. The SMILES string of the molecule is O=C(N[C@H]1CCOC[C@H]1C(=O)O)c1ccn(-c2ccc(Cl)c(Cl)c2)n1. The first-order valence-corrected chi connectivity index (χ1v) is 8.34. The highest BCUT2D eigenvalue weighted by Crippen LogP contribution is 2.24. The second kappa shape index (κ2) is 7.43. The van der Waals surface area contributed by atoms with Crippen LogP contribution in [0.4, 0.5) is 0 Å². The molecule has 0 radical (unpaired) electrons. The van der Waals surface area contributed by atoms with E-state index in [1.807, 2.05) is 0 Å². The summed E-state index contributed by atoms with van der Waals surface area (Å²) in [6.45, 7) is 0.491. The van der Waals surface area contributed by atoms with Crippen LogP contribution in [0.25, 0.3) is 5.69 Å². The molecule has 1 aliphatic rings. The molecular formula is C16H15Cl2N3O4. The van der Waals surface area contributed by atoms with Crippen molar-refractivity contribution in [1.82, 2.24) is 15.1 Å². The van der Waals surface area contributed by atoms with Crippen molar-refractivity contribution < 1.29 is 19.4 Å². The summed E-state index contributed by atoms with van der Waals surface area (Å²) in [5, 5.41) is 17.0. The van der Waals surface area contributed by atoms with Gasteiger partial charge in [0.1, 0.15) is 5.92 Å². The van der Waals surface area contributed by atoms with Crippen molar-refractivity contribution in [3.63, 3.8) is 0 Å². The Balaban J connectivity index is 1.74. The van der Waals surface area contributed by atoms with E-state index in [1.165, 1.54) is 4.68 Å². The zero-order valence-corrected chi connectivity index (χ0v) is 14.5. The van der Waals surface area contributed by atoms with Crippen LogP contribution in [0.2, 0.25) is 10.0 Å². The Morgan fingerprint density at radius 3 is 2.80 bits per heavy atom.